The van der Waals surface area contributed by atoms with E-state index in [1.807, 2.05) is 6.07 Å². The van der Waals surface area contributed by atoms with Gasteiger partial charge in [0.1, 0.15) is 5.82 Å². The smallest absolute Gasteiger partial charge is 0.268 e. The van der Waals surface area contributed by atoms with Gasteiger partial charge >= 0.3 is 0 Å². The Labute approximate surface area is 183 Å². The van der Waals surface area contributed by atoms with Crippen molar-refractivity contribution >= 4 is 15.7 Å². The van der Waals surface area contributed by atoms with Crippen LogP contribution in [0.2, 0.25) is 0 Å². The number of hydrogen-bond acceptors (Lipinski definition) is 5. The van der Waals surface area contributed by atoms with E-state index in [1.165, 1.54) is 10.0 Å². The summed E-state index contributed by atoms with van der Waals surface area (Å²) in [7, 11) is -0.0524. The number of rotatable bonds is 6. The highest BCUT2D eigenvalue weighted by Crippen LogP contribution is 2.30. The van der Waals surface area contributed by atoms with Gasteiger partial charge < -0.3 is 15.1 Å². The maximum absolute atomic E-state index is 14.5. The van der Waals surface area contributed by atoms with Gasteiger partial charge in [0, 0.05) is 50.2 Å². The summed E-state index contributed by atoms with van der Waals surface area (Å²) in [6.45, 7) is 4.02. The first-order valence-electron chi connectivity index (χ1n) is 10.3. The molecule has 1 N–H and O–H groups in total. The minimum Gasteiger partial charge on any atom is -0.369 e. The lowest BCUT2D eigenvalue weighted by atomic mass is 10.1. The summed E-state index contributed by atoms with van der Waals surface area (Å²) >= 11 is 0. The second-order valence-electron chi connectivity index (χ2n) is 7.83. The number of aromatic nitrogens is 1. The van der Waals surface area contributed by atoms with E-state index in [1.54, 1.807) is 55.7 Å². The molecule has 0 bridgehead atoms. The van der Waals surface area contributed by atoms with Gasteiger partial charge in [-0.05, 0) is 56.1 Å². The van der Waals surface area contributed by atoms with Crippen LogP contribution in [0.25, 0.3) is 11.3 Å². The van der Waals surface area contributed by atoms with Crippen LogP contribution in [0.4, 0.5) is 10.1 Å². The predicted octanol–water partition coefficient (Wildman–Crippen LogP) is 3.00. The van der Waals surface area contributed by atoms with E-state index >= 15 is 0 Å². The summed E-state index contributed by atoms with van der Waals surface area (Å²) in [5.41, 5.74) is 2.21. The zero-order valence-electron chi connectivity index (χ0n) is 17.8. The number of halogens is 1. The second-order valence-corrected chi connectivity index (χ2v) is 9.65. The van der Waals surface area contributed by atoms with Gasteiger partial charge in [-0.25, -0.2) is 16.8 Å². The Balaban J connectivity index is 1.77. The number of nitrogens with one attached hydrogen (secondary N) is 1. The molecule has 1 saturated heterocycles. The average molecular weight is 443 g/mol. The number of nitrogens with zero attached hydrogens (tertiary/aromatic N) is 3. The van der Waals surface area contributed by atoms with Gasteiger partial charge in [0.15, 0.2) is 0 Å². The molecule has 2 aromatic carbocycles. The number of likely N-dealkylation sites (N-methyl/N-ethyl adjacent to an activating group) is 1. The van der Waals surface area contributed by atoms with Crippen LogP contribution >= 0.6 is 0 Å². The van der Waals surface area contributed by atoms with Crippen molar-refractivity contribution in [3.8, 4) is 11.3 Å². The summed E-state index contributed by atoms with van der Waals surface area (Å²) < 4.78 is 43.0. The zero-order chi connectivity index (χ0) is 22.0. The van der Waals surface area contributed by atoms with Crippen molar-refractivity contribution in [2.24, 2.45) is 0 Å². The Hall–Kier alpha value is -2.68. The molecule has 4 rings (SSSR count). The van der Waals surface area contributed by atoms with E-state index in [2.05, 4.69) is 22.2 Å². The summed E-state index contributed by atoms with van der Waals surface area (Å²) in [5.74, 6) is -0.459. The number of piperazine rings is 1. The van der Waals surface area contributed by atoms with E-state index in [4.69, 9.17) is 0 Å². The van der Waals surface area contributed by atoms with Gasteiger partial charge in [-0.15, -0.1) is 0 Å². The molecule has 1 aromatic heterocycles. The Morgan fingerprint density at radius 3 is 2.45 bits per heavy atom. The molecule has 0 amide bonds. The minimum absolute atomic E-state index is 0.188. The lowest BCUT2D eigenvalue weighted by Gasteiger charge is -2.34. The van der Waals surface area contributed by atoms with Crippen LogP contribution in [0, 0.1) is 5.82 Å². The highest BCUT2D eigenvalue weighted by Gasteiger charge is 2.24. The van der Waals surface area contributed by atoms with Gasteiger partial charge in [0.05, 0.1) is 10.6 Å². The van der Waals surface area contributed by atoms with E-state index in [9.17, 15) is 12.8 Å². The Bertz CT molecular complexity index is 1170. The van der Waals surface area contributed by atoms with Gasteiger partial charge in [-0.3, -0.25) is 0 Å². The van der Waals surface area contributed by atoms with Crippen LogP contribution in [-0.2, 0) is 16.6 Å². The standard InChI is InChI=1S/C23H27FN4O2S/c1-25-16-18-14-23(21-8-3-4-9-22(21)24)28(17-18)31(29,30)20-7-5-6-19(15-20)27-12-10-26(2)11-13-27/h3-9,14-15,17,25H,10-13,16H2,1-2H3. The molecule has 0 radical (unpaired) electrons. The second kappa shape index (κ2) is 8.82. The molecular weight excluding hydrogens is 415 g/mol. The fraction of sp³-hybridized carbons (Fsp3) is 0.304. The van der Waals surface area contributed by atoms with Gasteiger partial charge in [-0.1, -0.05) is 18.2 Å². The fourth-order valence-corrected chi connectivity index (χ4v) is 5.31. The Kier molecular flexibility index (Phi) is 6.13. The normalized spacial score (nSPS) is 15.4. The van der Waals surface area contributed by atoms with E-state index in [-0.39, 0.29) is 10.5 Å². The molecule has 0 saturated carbocycles. The van der Waals surface area contributed by atoms with Gasteiger partial charge in [0.25, 0.3) is 10.0 Å². The monoisotopic (exact) mass is 442 g/mol. The summed E-state index contributed by atoms with van der Waals surface area (Å²) in [5, 5.41) is 3.02. The van der Waals surface area contributed by atoms with Crippen LogP contribution < -0.4 is 10.2 Å². The molecule has 2 heterocycles. The first-order chi connectivity index (χ1) is 14.9. The quantitative estimate of drug-likeness (QED) is 0.636. The molecule has 1 aliphatic heterocycles. The third-order valence-corrected chi connectivity index (χ3v) is 7.29. The fourth-order valence-electron chi connectivity index (χ4n) is 3.88. The third-order valence-electron chi connectivity index (χ3n) is 5.62. The SMILES string of the molecule is CNCc1cc(-c2ccccc2F)n(S(=O)(=O)c2cccc(N3CCN(C)CC3)c2)c1. The molecule has 164 valence electrons. The molecule has 0 aliphatic carbocycles. The number of benzene rings is 2. The summed E-state index contributed by atoms with van der Waals surface area (Å²) in [6.07, 6.45) is 1.57. The highest BCUT2D eigenvalue weighted by atomic mass is 32.2. The molecule has 6 nitrogen and oxygen atoms in total. The van der Waals surface area contributed by atoms with Crippen molar-refractivity contribution < 1.29 is 12.8 Å². The lowest BCUT2D eigenvalue weighted by Crippen LogP contribution is -2.44. The van der Waals surface area contributed by atoms with Gasteiger partial charge in [0.2, 0.25) is 0 Å². The van der Waals surface area contributed by atoms with E-state index in [0.717, 1.165) is 37.4 Å². The molecule has 3 aromatic rings. The van der Waals surface area contributed by atoms with Crippen LogP contribution in [0.5, 0.6) is 0 Å². The third kappa shape index (κ3) is 4.37. The van der Waals surface area contributed by atoms with Crippen LogP contribution in [0.1, 0.15) is 5.56 Å². The number of anilines is 1. The topological polar surface area (TPSA) is 57.6 Å². The van der Waals surface area contributed by atoms with E-state index < -0.39 is 15.8 Å². The maximum Gasteiger partial charge on any atom is 0.268 e. The minimum atomic E-state index is -3.92. The molecule has 1 aliphatic rings. The Morgan fingerprint density at radius 1 is 1.00 bits per heavy atom. The predicted molar refractivity (Wildman–Crippen MR) is 121 cm³/mol. The molecule has 31 heavy (non-hydrogen) atoms. The summed E-state index contributed by atoms with van der Waals surface area (Å²) in [6, 6.07) is 15.0. The maximum atomic E-state index is 14.5. The van der Waals surface area contributed by atoms with Crippen molar-refractivity contribution in [2.75, 3.05) is 45.2 Å². The molecule has 8 heteroatoms. The van der Waals surface area contributed by atoms with Crippen molar-refractivity contribution in [2.45, 2.75) is 11.4 Å². The molecule has 0 spiro atoms. The largest absolute Gasteiger partial charge is 0.369 e. The highest BCUT2D eigenvalue weighted by molar-refractivity contribution is 7.90. The van der Waals surface area contributed by atoms with Gasteiger partial charge in [-0.2, -0.15) is 0 Å². The first kappa shape index (κ1) is 21.5. The van der Waals surface area contributed by atoms with Crippen LogP contribution in [-0.4, -0.2) is 57.6 Å². The van der Waals surface area contributed by atoms with E-state index in [0.29, 0.717) is 12.2 Å². The first-order valence-corrected chi connectivity index (χ1v) is 11.7. The van der Waals surface area contributed by atoms with Crippen molar-refractivity contribution in [3.63, 3.8) is 0 Å². The van der Waals surface area contributed by atoms with Crippen molar-refractivity contribution in [1.82, 2.24) is 14.2 Å². The summed E-state index contributed by atoms with van der Waals surface area (Å²) in [4.78, 5) is 4.63. The lowest BCUT2D eigenvalue weighted by molar-refractivity contribution is 0.313. The van der Waals surface area contributed by atoms with Crippen molar-refractivity contribution in [3.05, 3.63) is 72.2 Å². The molecular formula is C23H27FN4O2S. The molecule has 0 atom stereocenters. The molecule has 1 fully saturated rings. The van der Waals surface area contributed by atoms with Crippen molar-refractivity contribution in [1.29, 1.82) is 0 Å². The average Bonchev–Trinajstić information content (AvgIpc) is 3.19. The molecule has 0 unspecified atom stereocenters. The van der Waals surface area contributed by atoms with Crippen LogP contribution in [0.3, 0.4) is 0 Å². The Morgan fingerprint density at radius 2 is 1.74 bits per heavy atom. The van der Waals surface area contributed by atoms with Crippen LogP contribution in [0.15, 0.2) is 65.7 Å². The zero-order valence-corrected chi connectivity index (χ0v) is 18.6. The number of hydrogen-bond donors (Lipinski definition) is 1.